The molecule has 1 aromatic heterocycles. The number of halogens is 2. The van der Waals surface area contributed by atoms with E-state index in [1.54, 1.807) is 0 Å². The van der Waals surface area contributed by atoms with E-state index in [0.29, 0.717) is 0 Å². The molecule has 2 aromatic rings. The smallest absolute Gasteiger partial charge is 0.360 e. The fourth-order valence-corrected chi connectivity index (χ4v) is 1.83. The van der Waals surface area contributed by atoms with Gasteiger partial charge in [-0.15, -0.1) is 5.10 Å². The molecule has 0 spiro atoms. The number of ether oxygens (including phenoxy) is 2. The van der Waals surface area contributed by atoms with Crippen LogP contribution in [-0.4, -0.2) is 35.2 Å². The van der Waals surface area contributed by atoms with E-state index in [9.17, 15) is 13.6 Å². The molecule has 0 fully saturated rings. The SMILES string of the molecule is COCc1c(C(=O)OC)nnn1Cc1c(F)cccc1F. The summed E-state index contributed by atoms with van der Waals surface area (Å²) in [7, 11) is 2.62. The van der Waals surface area contributed by atoms with Crippen molar-refractivity contribution in [2.24, 2.45) is 0 Å². The summed E-state index contributed by atoms with van der Waals surface area (Å²) in [5, 5.41) is 7.41. The van der Waals surface area contributed by atoms with Gasteiger partial charge < -0.3 is 9.47 Å². The third-order valence-corrected chi connectivity index (χ3v) is 2.87. The van der Waals surface area contributed by atoms with Crippen LogP contribution >= 0.6 is 0 Å². The van der Waals surface area contributed by atoms with Gasteiger partial charge in [-0.3, -0.25) is 0 Å². The Morgan fingerprint density at radius 2 is 1.95 bits per heavy atom. The average Bonchev–Trinajstić information content (AvgIpc) is 2.86. The van der Waals surface area contributed by atoms with Gasteiger partial charge in [0.25, 0.3) is 0 Å². The van der Waals surface area contributed by atoms with E-state index in [4.69, 9.17) is 4.74 Å². The summed E-state index contributed by atoms with van der Waals surface area (Å²) in [6, 6.07) is 3.56. The van der Waals surface area contributed by atoms with E-state index in [1.165, 1.54) is 25.0 Å². The van der Waals surface area contributed by atoms with Crippen molar-refractivity contribution in [3.05, 3.63) is 46.8 Å². The molecule has 0 unspecified atom stereocenters. The first-order valence-electron chi connectivity index (χ1n) is 6.01. The molecule has 0 bridgehead atoms. The Morgan fingerprint density at radius 1 is 1.29 bits per heavy atom. The number of hydrogen-bond donors (Lipinski definition) is 0. The maximum Gasteiger partial charge on any atom is 0.360 e. The number of nitrogens with zero attached hydrogens (tertiary/aromatic N) is 3. The van der Waals surface area contributed by atoms with Crippen molar-refractivity contribution in [3.8, 4) is 0 Å². The maximum atomic E-state index is 13.7. The number of benzene rings is 1. The van der Waals surface area contributed by atoms with E-state index >= 15 is 0 Å². The molecular weight excluding hydrogens is 284 g/mol. The van der Waals surface area contributed by atoms with Crippen LogP contribution in [0.3, 0.4) is 0 Å². The highest BCUT2D eigenvalue weighted by atomic mass is 19.1. The summed E-state index contributed by atoms with van der Waals surface area (Å²) in [5.41, 5.74) is 0.0688. The van der Waals surface area contributed by atoms with E-state index in [-0.39, 0.29) is 30.1 Å². The molecule has 0 radical (unpaired) electrons. The average molecular weight is 297 g/mol. The van der Waals surface area contributed by atoms with Gasteiger partial charge in [0.15, 0.2) is 5.69 Å². The fraction of sp³-hybridized carbons (Fsp3) is 0.308. The molecule has 0 N–H and O–H groups in total. The molecule has 6 nitrogen and oxygen atoms in total. The van der Waals surface area contributed by atoms with Crippen LogP contribution in [0.15, 0.2) is 18.2 Å². The van der Waals surface area contributed by atoms with E-state index in [1.807, 2.05) is 0 Å². The van der Waals surface area contributed by atoms with Gasteiger partial charge in [-0.1, -0.05) is 11.3 Å². The number of aromatic nitrogens is 3. The van der Waals surface area contributed by atoms with Gasteiger partial charge in [0.1, 0.15) is 11.6 Å². The Morgan fingerprint density at radius 3 is 2.52 bits per heavy atom. The summed E-state index contributed by atoms with van der Waals surface area (Å²) in [6.07, 6.45) is 0. The van der Waals surface area contributed by atoms with Gasteiger partial charge in [0.2, 0.25) is 0 Å². The van der Waals surface area contributed by atoms with E-state index in [2.05, 4.69) is 15.0 Å². The van der Waals surface area contributed by atoms with E-state index in [0.717, 1.165) is 12.1 Å². The Labute approximate surface area is 119 Å². The lowest BCUT2D eigenvalue weighted by atomic mass is 10.2. The van der Waals surface area contributed by atoms with Gasteiger partial charge in [0, 0.05) is 12.7 Å². The number of methoxy groups -OCH3 is 2. The number of carbonyl (C=O) groups is 1. The lowest BCUT2D eigenvalue weighted by Gasteiger charge is -2.08. The molecule has 0 aliphatic heterocycles. The van der Waals surface area contributed by atoms with Crippen molar-refractivity contribution in [2.75, 3.05) is 14.2 Å². The summed E-state index contributed by atoms with van der Waals surface area (Å²) >= 11 is 0. The Hall–Kier alpha value is -2.35. The molecular formula is C13H13F2N3O3. The first-order valence-corrected chi connectivity index (χ1v) is 6.01. The summed E-state index contributed by atoms with van der Waals surface area (Å²) < 4.78 is 38.1. The third-order valence-electron chi connectivity index (χ3n) is 2.87. The zero-order valence-corrected chi connectivity index (χ0v) is 11.5. The fourth-order valence-electron chi connectivity index (χ4n) is 1.83. The molecule has 0 saturated carbocycles. The minimum absolute atomic E-state index is 0.00745. The molecule has 21 heavy (non-hydrogen) atoms. The number of rotatable bonds is 5. The first-order chi connectivity index (χ1) is 10.1. The van der Waals surface area contributed by atoms with Crippen LogP contribution in [0.25, 0.3) is 0 Å². The predicted molar refractivity (Wildman–Crippen MR) is 67.5 cm³/mol. The monoisotopic (exact) mass is 297 g/mol. The highest BCUT2D eigenvalue weighted by Crippen LogP contribution is 2.16. The van der Waals surface area contributed by atoms with Crippen molar-refractivity contribution >= 4 is 5.97 Å². The van der Waals surface area contributed by atoms with Crippen LogP contribution in [0.4, 0.5) is 8.78 Å². The normalized spacial score (nSPS) is 10.7. The molecule has 0 saturated heterocycles. The zero-order chi connectivity index (χ0) is 15.4. The van der Waals surface area contributed by atoms with Crippen molar-refractivity contribution in [1.29, 1.82) is 0 Å². The summed E-state index contributed by atoms with van der Waals surface area (Å²) in [4.78, 5) is 11.6. The van der Waals surface area contributed by atoms with Crippen LogP contribution < -0.4 is 0 Å². The predicted octanol–water partition coefficient (Wildman–Crippen LogP) is 1.54. The molecule has 0 aliphatic rings. The van der Waals surface area contributed by atoms with Crippen molar-refractivity contribution in [1.82, 2.24) is 15.0 Å². The highest BCUT2D eigenvalue weighted by molar-refractivity contribution is 5.88. The van der Waals surface area contributed by atoms with Crippen LogP contribution in [0.2, 0.25) is 0 Å². The molecule has 1 heterocycles. The van der Waals surface area contributed by atoms with Crippen LogP contribution in [-0.2, 0) is 22.6 Å². The highest BCUT2D eigenvalue weighted by Gasteiger charge is 2.21. The molecule has 0 amide bonds. The second-order valence-corrected chi connectivity index (χ2v) is 4.17. The molecule has 8 heteroatoms. The minimum atomic E-state index is -0.700. The van der Waals surface area contributed by atoms with E-state index < -0.39 is 17.6 Å². The Kier molecular flexibility index (Phi) is 4.59. The van der Waals surface area contributed by atoms with Crippen LogP contribution in [0, 0.1) is 11.6 Å². The van der Waals surface area contributed by atoms with Crippen LogP contribution in [0.1, 0.15) is 21.7 Å². The Bertz CT molecular complexity index is 638. The second kappa shape index (κ2) is 6.40. The number of esters is 1. The third kappa shape index (κ3) is 3.05. The largest absolute Gasteiger partial charge is 0.464 e. The molecule has 0 aliphatic carbocycles. The van der Waals surface area contributed by atoms with Gasteiger partial charge in [-0.2, -0.15) is 0 Å². The van der Waals surface area contributed by atoms with Crippen molar-refractivity contribution in [2.45, 2.75) is 13.2 Å². The standard InChI is InChI=1S/C13H13F2N3O3/c1-20-7-11-12(13(19)21-2)16-17-18(11)6-8-9(14)4-3-5-10(8)15/h3-5H,6-7H2,1-2H3. The number of carbonyl (C=O) groups excluding carboxylic acids is 1. The molecule has 0 atom stereocenters. The quantitative estimate of drug-likeness (QED) is 0.783. The molecule has 2 rings (SSSR count). The van der Waals surface area contributed by atoms with Crippen LogP contribution in [0.5, 0.6) is 0 Å². The van der Waals surface area contributed by atoms with Gasteiger partial charge >= 0.3 is 5.97 Å². The van der Waals surface area contributed by atoms with Gasteiger partial charge in [0.05, 0.1) is 26.0 Å². The van der Waals surface area contributed by atoms with Crippen molar-refractivity contribution < 1.29 is 23.0 Å². The second-order valence-electron chi connectivity index (χ2n) is 4.17. The lowest BCUT2D eigenvalue weighted by molar-refractivity contribution is 0.0588. The minimum Gasteiger partial charge on any atom is -0.464 e. The summed E-state index contributed by atoms with van der Waals surface area (Å²) in [6.45, 7) is -0.200. The van der Waals surface area contributed by atoms with Gasteiger partial charge in [-0.05, 0) is 12.1 Å². The number of hydrogen-bond acceptors (Lipinski definition) is 5. The topological polar surface area (TPSA) is 66.2 Å². The van der Waals surface area contributed by atoms with Crippen molar-refractivity contribution in [3.63, 3.8) is 0 Å². The first kappa shape index (κ1) is 15.0. The maximum absolute atomic E-state index is 13.7. The Balaban J connectivity index is 2.40. The van der Waals surface area contributed by atoms with Gasteiger partial charge in [-0.25, -0.2) is 18.3 Å². The zero-order valence-electron chi connectivity index (χ0n) is 11.5. The summed E-state index contributed by atoms with van der Waals surface area (Å²) in [5.74, 6) is -2.09. The molecule has 112 valence electrons. The molecule has 1 aromatic carbocycles. The lowest BCUT2D eigenvalue weighted by Crippen LogP contribution is -2.13.